The molecule has 7 heteroatoms. The summed E-state index contributed by atoms with van der Waals surface area (Å²) >= 11 is 1.59. The van der Waals surface area contributed by atoms with Crippen molar-refractivity contribution in [1.82, 2.24) is 0 Å². The first kappa shape index (κ1) is 22.9. The van der Waals surface area contributed by atoms with Crippen molar-refractivity contribution < 1.29 is 24.2 Å². The number of Topliss-reactive ketones (excluding diaryl/α,β-unsaturated/α-hetero) is 1. The fourth-order valence-electron chi connectivity index (χ4n) is 3.54. The number of hydrogen-bond donors (Lipinski definition) is 1. The molecule has 6 nitrogen and oxygen atoms in total. The molecule has 1 aliphatic rings. The zero-order valence-corrected chi connectivity index (χ0v) is 18.9. The molecule has 0 bridgehead atoms. The van der Waals surface area contributed by atoms with E-state index >= 15 is 0 Å². The number of hydrogen-bond acceptors (Lipinski definition) is 6. The Kier molecular flexibility index (Phi) is 7.41. The summed E-state index contributed by atoms with van der Waals surface area (Å²) in [6, 6.07) is 13.9. The largest absolute Gasteiger partial charge is 0.503 e. The van der Waals surface area contributed by atoms with E-state index in [-0.39, 0.29) is 17.3 Å². The Morgan fingerprint density at radius 3 is 2.42 bits per heavy atom. The first-order chi connectivity index (χ1) is 14.9. The number of ketones is 1. The van der Waals surface area contributed by atoms with Crippen LogP contribution in [0.4, 0.5) is 5.69 Å². The second kappa shape index (κ2) is 10.0. The van der Waals surface area contributed by atoms with Crippen LogP contribution >= 0.6 is 11.8 Å². The van der Waals surface area contributed by atoms with Gasteiger partial charge in [-0.05, 0) is 36.6 Å². The molecule has 0 saturated heterocycles. The summed E-state index contributed by atoms with van der Waals surface area (Å²) in [5.74, 6) is -1.23. The van der Waals surface area contributed by atoms with Gasteiger partial charge in [0.15, 0.2) is 11.5 Å². The number of rotatable bonds is 9. The Bertz CT molecular complexity index is 984. The standard InChI is InChI=1S/C24H27NO5S/c1-15(2)22(26)20-21(18-7-5-6-8-19(18)30-14-13-29-3)25(24(28)23(20)27)16-9-11-17(31-4)12-10-16/h5-12,15,21,27H,13-14H2,1-4H3. The summed E-state index contributed by atoms with van der Waals surface area (Å²) in [6.45, 7) is 4.22. The van der Waals surface area contributed by atoms with Crippen molar-refractivity contribution in [2.75, 3.05) is 31.5 Å². The van der Waals surface area contributed by atoms with Crippen molar-refractivity contribution in [1.29, 1.82) is 0 Å². The van der Waals surface area contributed by atoms with Crippen LogP contribution in [-0.2, 0) is 14.3 Å². The van der Waals surface area contributed by atoms with E-state index in [1.165, 1.54) is 4.90 Å². The van der Waals surface area contributed by atoms with Crippen molar-refractivity contribution in [3.63, 3.8) is 0 Å². The fraction of sp³-hybridized carbons (Fsp3) is 0.333. The molecular weight excluding hydrogens is 414 g/mol. The molecule has 0 saturated carbocycles. The normalized spacial score (nSPS) is 16.4. The molecule has 1 aliphatic heterocycles. The van der Waals surface area contributed by atoms with Crippen molar-refractivity contribution in [3.8, 4) is 5.75 Å². The van der Waals surface area contributed by atoms with Crippen LogP contribution in [0.25, 0.3) is 0 Å². The molecule has 1 atom stereocenters. The second-order valence-corrected chi connectivity index (χ2v) is 8.32. The number of ether oxygens (including phenoxy) is 2. The Balaban J connectivity index is 2.14. The van der Waals surface area contributed by atoms with Gasteiger partial charge in [0.2, 0.25) is 0 Å². The maximum absolute atomic E-state index is 13.2. The number of amides is 1. The molecule has 31 heavy (non-hydrogen) atoms. The van der Waals surface area contributed by atoms with Crippen molar-refractivity contribution in [3.05, 3.63) is 65.4 Å². The molecule has 1 heterocycles. The van der Waals surface area contributed by atoms with E-state index in [1.54, 1.807) is 38.8 Å². The van der Waals surface area contributed by atoms with E-state index in [0.717, 1.165) is 4.90 Å². The summed E-state index contributed by atoms with van der Waals surface area (Å²) in [5.41, 5.74) is 1.32. The highest BCUT2D eigenvalue weighted by Crippen LogP contribution is 2.44. The van der Waals surface area contributed by atoms with Crippen LogP contribution in [0.15, 0.2) is 64.8 Å². The maximum Gasteiger partial charge on any atom is 0.294 e. The van der Waals surface area contributed by atoms with E-state index in [2.05, 4.69) is 0 Å². The smallest absolute Gasteiger partial charge is 0.294 e. The number of para-hydroxylation sites is 1. The van der Waals surface area contributed by atoms with E-state index in [4.69, 9.17) is 9.47 Å². The van der Waals surface area contributed by atoms with Crippen LogP contribution in [0, 0.1) is 5.92 Å². The lowest BCUT2D eigenvalue weighted by Gasteiger charge is -2.28. The van der Waals surface area contributed by atoms with Gasteiger partial charge in [-0.25, -0.2) is 0 Å². The molecule has 0 aromatic heterocycles. The van der Waals surface area contributed by atoms with Crippen molar-refractivity contribution in [2.24, 2.45) is 5.92 Å². The second-order valence-electron chi connectivity index (χ2n) is 7.44. The lowest BCUT2D eigenvalue weighted by atomic mass is 9.90. The van der Waals surface area contributed by atoms with Crippen LogP contribution in [0.2, 0.25) is 0 Å². The van der Waals surface area contributed by atoms with Crippen LogP contribution in [0.3, 0.4) is 0 Å². The van der Waals surface area contributed by atoms with Gasteiger partial charge in [-0.2, -0.15) is 0 Å². The van der Waals surface area contributed by atoms with Gasteiger partial charge < -0.3 is 14.6 Å². The summed E-state index contributed by atoms with van der Waals surface area (Å²) in [7, 11) is 1.59. The van der Waals surface area contributed by atoms with E-state index in [9.17, 15) is 14.7 Å². The van der Waals surface area contributed by atoms with Crippen LogP contribution in [-0.4, -0.2) is 43.4 Å². The SMILES string of the molecule is COCCOc1ccccc1C1C(C(=O)C(C)C)=C(O)C(=O)N1c1ccc(SC)cc1. The highest BCUT2D eigenvalue weighted by Gasteiger charge is 2.45. The van der Waals surface area contributed by atoms with Crippen LogP contribution in [0.1, 0.15) is 25.5 Å². The van der Waals surface area contributed by atoms with Crippen LogP contribution in [0.5, 0.6) is 5.75 Å². The number of aliphatic hydroxyl groups excluding tert-OH is 1. The number of methoxy groups -OCH3 is 1. The third-order valence-corrected chi connectivity index (χ3v) is 5.85. The lowest BCUT2D eigenvalue weighted by molar-refractivity contribution is -0.119. The lowest BCUT2D eigenvalue weighted by Crippen LogP contribution is -2.31. The van der Waals surface area contributed by atoms with Gasteiger partial charge in [-0.3, -0.25) is 14.5 Å². The minimum atomic E-state index is -0.790. The number of carbonyl (C=O) groups is 2. The fourth-order valence-corrected chi connectivity index (χ4v) is 3.95. The first-order valence-electron chi connectivity index (χ1n) is 10.1. The van der Waals surface area contributed by atoms with Crippen LogP contribution < -0.4 is 9.64 Å². The van der Waals surface area contributed by atoms with Gasteiger partial charge in [0.05, 0.1) is 18.2 Å². The third-order valence-electron chi connectivity index (χ3n) is 5.11. The molecule has 164 valence electrons. The summed E-state index contributed by atoms with van der Waals surface area (Å²) < 4.78 is 11.0. The summed E-state index contributed by atoms with van der Waals surface area (Å²) in [5, 5.41) is 10.7. The molecule has 0 spiro atoms. The van der Waals surface area contributed by atoms with Crippen molar-refractivity contribution >= 4 is 29.1 Å². The average molecular weight is 442 g/mol. The van der Waals surface area contributed by atoms with E-state index in [0.29, 0.717) is 30.2 Å². The topological polar surface area (TPSA) is 76.1 Å². The summed E-state index contributed by atoms with van der Waals surface area (Å²) in [4.78, 5) is 28.7. The first-order valence-corrected chi connectivity index (χ1v) is 11.3. The molecule has 1 amide bonds. The Labute approximate surface area is 186 Å². The van der Waals surface area contributed by atoms with Gasteiger partial charge in [0.25, 0.3) is 5.91 Å². The number of carbonyl (C=O) groups excluding carboxylic acids is 2. The predicted molar refractivity (Wildman–Crippen MR) is 122 cm³/mol. The molecule has 0 radical (unpaired) electrons. The van der Waals surface area contributed by atoms with Gasteiger partial charge in [0.1, 0.15) is 12.4 Å². The molecule has 0 fully saturated rings. The number of benzene rings is 2. The van der Waals surface area contributed by atoms with Crippen molar-refractivity contribution in [2.45, 2.75) is 24.8 Å². The highest BCUT2D eigenvalue weighted by molar-refractivity contribution is 7.98. The molecule has 0 aliphatic carbocycles. The predicted octanol–water partition coefficient (Wildman–Crippen LogP) is 4.56. The maximum atomic E-state index is 13.2. The van der Waals surface area contributed by atoms with Gasteiger partial charge >= 0.3 is 0 Å². The zero-order valence-electron chi connectivity index (χ0n) is 18.1. The number of anilines is 1. The molecule has 2 aromatic carbocycles. The molecule has 2 aromatic rings. The average Bonchev–Trinajstić information content (AvgIpc) is 3.04. The minimum absolute atomic E-state index is 0.0942. The minimum Gasteiger partial charge on any atom is -0.503 e. The Morgan fingerprint density at radius 1 is 1.13 bits per heavy atom. The third kappa shape index (κ3) is 4.62. The molecular formula is C24H27NO5S. The van der Waals surface area contributed by atoms with Gasteiger partial charge in [0, 0.05) is 29.2 Å². The quantitative estimate of drug-likeness (QED) is 0.454. The van der Waals surface area contributed by atoms with Gasteiger partial charge in [-0.15, -0.1) is 11.8 Å². The zero-order chi connectivity index (χ0) is 22.5. The molecule has 1 N–H and O–H groups in total. The van der Waals surface area contributed by atoms with E-state index < -0.39 is 17.7 Å². The Hall–Kier alpha value is -2.77. The number of aliphatic hydroxyl groups is 1. The monoisotopic (exact) mass is 441 g/mol. The number of thioether (sulfide) groups is 1. The van der Waals surface area contributed by atoms with E-state index in [1.807, 2.05) is 48.7 Å². The summed E-state index contributed by atoms with van der Waals surface area (Å²) in [6.07, 6.45) is 1.97. The Morgan fingerprint density at radius 2 is 1.81 bits per heavy atom. The van der Waals surface area contributed by atoms with Gasteiger partial charge in [-0.1, -0.05) is 32.0 Å². The number of nitrogens with zero attached hydrogens (tertiary/aromatic N) is 1. The molecule has 1 unspecified atom stereocenters. The highest BCUT2D eigenvalue weighted by atomic mass is 32.2. The molecule has 3 rings (SSSR count).